The van der Waals surface area contributed by atoms with Gasteiger partial charge >= 0.3 is 0 Å². The maximum absolute atomic E-state index is 12.9. The number of anilines is 1. The summed E-state index contributed by atoms with van der Waals surface area (Å²) >= 11 is 1.67. The topological polar surface area (TPSA) is 41.6 Å². The van der Waals surface area contributed by atoms with Crippen molar-refractivity contribution < 1.29 is 9.53 Å². The van der Waals surface area contributed by atoms with E-state index in [2.05, 4.69) is 11.4 Å². The molecule has 2 aliphatic heterocycles. The van der Waals surface area contributed by atoms with Crippen LogP contribution in [0.2, 0.25) is 0 Å². The minimum absolute atomic E-state index is 0.0863. The highest BCUT2D eigenvalue weighted by Gasteiger charge is 2.35. The second kappa shape index (κ2) is 5.74. The van der Waals surface area contributed by atoms with E-state index in [0.29, 0.717) is 6.54 Å². The van der Waals surface area contributed by atoms with Gasteiger partial charge in [0.05, 0.1) is 11.7 Å². The summed E-state index contributed by atoms with van der Waals surface area (Å²) in [5.74, 6) is 0.0863. The molecule has 0 bridgehead atoms. The Morgan fingerprint density at radius 2 is 2.18 bits per heavy atom. The summed E-state index contributed by atoms with van der Waals surface area (Å²) in [4.78, 5) is 16.0. The fourth-order valence-electron chi connectivity index (χ4n) is 3.16. The van der Waals surface area contributed by atoms with Crippen LogP contribution in [0.4, 0.5) is 5.69 Å². The highest BCUT2D eigenvalue weighted by Crippen LogP contribution is 2.35. The molecule has 114 valence electrons. The number of benzene rings is 1. The molecule has 2 aromatic rings. The van der Waals surface area contributed by atoms with Crippen molar-refractivity contribution in [3.05, 3.63) is 52.2 Å². The van der Waals surface area contributed by atoms with Gasteiger partial charge in [-0.3, -0.25) is 4.79 Å². The third kappa shape index (κ3) is 2.40. The van der Waals surface area contributed by atoms with E-state index in [-0.39, 0.29) is 18.2 Å². The van der Waals surface area contributed by atoms with Crippen LogP contribution >= 0.6 is 11.3 Å². The number of hydrogen-bond acceptors (Lipinski definition) is 4. The van der Waals surface area contributed by atoms with Crippen LogP contribution in [-0.2, 0) is 4.74 Å². The third-order valence-corrected chi connectivity index (χ3v) is 5.18. The minimum Gasteiger partial charge on any atom is -0.376 e. The monoisotopic (exact) mass is 314 g/mol. The Balaban J connectivity index is 1.69. The Bertz CT molecular complexity index is 665. The van der Waals surface area contributed by atoms with Crippen LogP contribution in [0.3, 0.4) is 0 Å². The van der Waals surface area contributed by atoms with Gasteiger partial charge in [-0.25, -0.2) is 0 Å². The van der Waals surface area contributed by atoms with Gasteiger partial charge in [0, 0.05) is 23.7 Å². The second-order valence-electron chi connectivity index (χ2n) is 5.70. The summed E-state index contributed by atoms with van der Waals surface area (Å²) in [6.45, 7) is 1.45. The first-order chi connectivity index (χ1) is 10.8. The molecule has 0 spiro atoms. The normalized spacial score (nSPS) is 24.2. The van der Waals surface area contributed by atoms with Gasteiger partial charge in [0.2, 0.25) is 0 Å². The predicted molar refractivity (Wildman–Crippen MR) is 87.1 cm³/mol. The van der Waals surface area contributed by atoms with Crippen molar-refractivity contribution in [2.75, 3.05) is 18.5 Å². The number of fused-ring (bicyclic) bond motifs is 1. The number of nitrogens with one attached hydrogen (secondary N) is 1. The van der Waals surface area contributed by atoms with Crippen LogP contribution in [0.1, 0.15) is 34.2 Å². The van der Waals surface area contributed by atoms with Gasteiger partial charge in [0.15, 0.2) is 0 Å². The zero-order valence-electron chi connectivity index (χ0n) is 12.2. The van der Waals surface area contributed by atoms with Crippen molar-refractivity contribution in [2.45, 2.75) is 25.1 Å². The van der Waals surface area contributed by atoms with Gasteiger partial charge in [-0.2, -0.15) is 0 Å². The molecule has 1 aromatic heterocycles. The van der Waals surface area contributed by atoms with Gasteiger partial charge in [-0.05, 0) is 36.4 Å². The lowest BCUT2D eigenvalue weighted by atomic mass is 10.1. The number of nitrogens with zero attached hydrogens (tertiary/aromatic N) is 1. The van der Waals surface area contributed by atoms with Crippen LogP contribution in [0.5, 0.6) is 0 Å². The molecule has 4 rings (SSSR count). The Hall–Kier alpha value is -1.85. The fraction of sp³-hybridized carbons (Fsp3) is 0.353. The zero-order valence-corrected chi connectivity index (χ0v) is 13.0. The highest BCUT2D eigenvalue weighted by molar-refractivity contribution is 7.10. The summed E-state index contributed by atoms with van der Waals surface area (Å²) < 4.78 is 5.74. The second-order valence-corrected chi connectivity index (χ2v) is 6.68. The van der Waals surface area contributed by atoms with Crippen molar-refractivity contribution in [3.8, 4) is 0 Å². The van der Waals surface area contributed by atoms with E-state index in [4.69, 9.17) is 4.74 Å². The quantitative estimate of drug-likeness (QED) is 0.943. The molecule has 1 fully saturated rings. The zero-order chi connectivity index (χ0) is 14.9. The van der Waals surface area contributed by atoms with Gasteiger partial charge in [0.1, 0.15) is 6.17 Å². The van der Waals surface area contributed by atoms with Crippen LogP contribution in [-0.4, -0.2) is 30.1 Å². The van der Waals surface area contributed by atoms with Crippen LogP contribution in [0, 0.1) is 0 Å². The first-order valence-electron chi connectivity index (χ1n) is 7.64. The maximum atomic E-state index is 12.9. The first kappa shape index (κ1) is 13.8. The summed E-state index contributed by atoms with van der Waals surface area (Å²) in [6, 6.07) is 11.8. The Kier molecular flexibility index (Phi) is 3.60. The lowest BCUT2D eigenvalue weighted by Gasteiger charge is -2.38. The summed E-state index contributed by atoms with van der Waals surface area (Å²) in [5.41, 5.74) is 1.66. The predicted octanol–water partition coefficient (Wildman–Crippen LogP) is 3.49. The number of hydrogen-bond donors (Lipinski definition) is 1. The molecule has 3 heterocycles. The SMILES string of the molecule is O=C1c2ccccc2NC(c2cccs2)N1CC1CCCO1. The average Bonchev–Trinajstić information content (AvgIpc) is 3.23. The van der Waals surface area contributed by atoms with Gasteiger partial charge in [0.25, 0.3) is 5.91 Å². The Morgan fingerprint density at radius 3 is 2.95 bits per heavy atom. The van der Waals surface area contributed by atoms with Crippen LogP contribution in [0.25, 0.3) is 0 Å². The summed E-state index contributed by atoms with van der Waals surface area (Å²) in [7, 11) is 0. The van der Waals surface area contributed by atoms with E-state index in [9.17, 15) is 4.79 Å². The third-order valence-electron chi connectivity index (χ3n) is 4.26. The van der Waals surface area contributed by atoms with E-state index >= 15 is 0 Å². The lowest BCUT2D eigenvalue weighted by Crippen LogP contribution is -2.46. The molecule has 1 amide bonds. The largest absolute Gasteiger partial charge is 0.376 e. The van der Waals surface area contributed by atoms with Gasteiger partial charge in [-0.1, -0.05) is 18.2 Å². The molecule has 0 saturated carbocycles. The van der Waals surface area contributed by atoms with Crippen molar-refractivity contribution in [3.63, 3.8) is 0 Å². The molecule has 2 atom stereocenters. The molecule has 5 heteroatoms. The van der Waals surface area contributed by atoms with Gasteiger partial charge < -0.3 is 15.0 Å². The minimum atomic E-state index is -0.105. The smallest absolute Gasteiger partial charge is 0.257 e. The molecule has 1 aromatic carbocycles. The van der Waals surface area contributed by atoms with E-state index in [1.165, 1.54) is 0 Å². The Morgan fingerprint density at radius 1 is 1.27 bits per heavy atom. The van der Waals surface area contributed by atoms with Gasteiger partial charge in [-0.15, -0.1) is 11.3 Å². The molecule has 2 aliphatic rings. The number of amides is 1. The number of carbonyl (C=O) groups is 1. The molecule has 22 heavy (non-hydrogen) atoms. The molecular formula is C17H18N2O2S. The summed E-state index contributed by atoms with van der Waals surface area (Å²) in [5, 5.41) is 5.56. The molecule has 1 N–H and O–H groups in total. The fourth-order valence-corrected chi connectivity index (χ4v) is 3.95. The molecule has 0 aliphatic carbocycles. The van der Waals surface area contributed by atoms with Crippen molar-refractivity contribution >= 4 is 22.9 Å². The molecule has 4 nitrogen and oxygen atoms in total. The Labute approximate surface area is 133 Å². The lowest BCUT2D eigenvalue weighted by molar-refractivity contribution is 0.0430. The maximum Gasteiger partial charge on any atom is 0.257 e. The van der Waals surface area contributed by atoms with Crippen LogP contribution in [0.15, 0.2) is 41.8 Å². The molecule has 2 unspecified atom stereocenters. The highest BCUT2D eigenvalue weighted by atomic mass is 32.1. The van der Waals surface area contributed by atoms with Crippen molar-refractivity contribution in [1.82, 2.24) is 4.90 Å². The van der Waals surface area contributed by atoms with Crippen molar-refractivity contribution in [2.24, 2.45) is 0 Å². The number of ether oxygens (including phenoxy) is 1. The van der Waals surface area contributed by atoms with E-state index in [1.54, 1.807) is 11.3 Å². The van der Waals surface area contributed by atoms with Crippen LogP contribution < -0.4 is 5.32 Å². The number of carbonyl (C=O) groups excluding carboxylic acids is 1. The number of thiophene rings is 1. The van der Waals surface area contributed by atoms with E-state index in [1.807, 2.05) is 40.6 Å². The molecular weight excluding hydrogens is 296 g/mol. The average molecular weight is 314 g/mol. The number of para-hydroxylation sites is 1. The summed E-state index contributed by atoms with van der Waals surface area (Å²) in [6.07, 6.45) is 2.16. The first-order valence-corrected chi connectivity index (χ1v) is 8.52. The van der Waals surface area contributed by atoms with Crippen molar-refractivity contribution in [1.29, 1.82) is 0 Å². The molecule has 0 radical (unpaired) electrons. The van der Waals surface area contributed by atoms with E-state index in [0.717, 1.165) is 35.6 Å². The standard InChI is InChI=1S/C17H18N2O2S/c20-17-13-6-1-2-7-14(13)18-16(15-8-4-10-22-15)19(17)11-12-5-3-9-21-12/h1-2,4,6-8,10,12,16,18H,3,5,9,11H2. The molecule has 1 saturated heterocycles. The van der Waals surface area contributed by atoms with E-state index < -0.39 is 0 Å². The number of rotatable bonds is 3.